The lowest BCUT2D eigenvalue weighted by Gasteiger charge is -2.31. The van der Waals surface area contributed by atoms with E-state index in [1.54, 1.807) is 6.20 Å². The normalized spacial score (nSPS) is 16.5. The van der Waals surface area contributed by atoms with Crippen LogP contribution in [-0.2, 0) is 4.79 Å². The number of anilines is 1. The van der Waals surface area contributed by atoms with E-state index in [1.165, 1.54) is 11.3 Å². The molecule has 0 aromatic carbocycles. The molecule has 1 saturated heterocycles. The summed E-state index contributed by atoms with van der Waals surface area (Å²) in [5, 5.41) is 13.4. The molecule has 0 radical (unpaired) electrons. The standard InChI is InChI=1S/C14H18N6OS/c15-12(21)9-20-7-4-10(5-8-20)17-14-19-18-13(22-14)11-3-1-2-6-16-11/h1-3,6,10H,4-5,7-9H2,(H2,15,21)(H,17,19). The molecule has 8 heteroatoms. The van der Waals surface area contributed by atoms with Gasteiger partial charge in [0.15, 0.2) is 5.01 Å². The number of primary amides is 1. The lowest BCUT2D eigenvalue weighted by molar-refractivity contribution is -0.119. The number of hydrogen-bond donors (Lipinski definition) is 2. The zero-order chi connectivity index (χ0) is 15.4. The summed E-state index contributed by atoms with van der Waals surface area (Å²) >= 11 is 1.51. The third-order valence-electron chi connectivity index (χ3n) is 3.60. The van der Waals surface area contributed by atoms with Crippen LogP contribution in [-0.4, -0.2) is 51.7 Å². The summed E-state index contributed by atoms with van der Waals surface area (Å²) in [7, 11) is 0. The van der Waals surface area contributed by atoms with Crippen LogP contribution in [0.1, 0.15) is 12.8 Å². The molecule has 22 heavy (non-hydrogen) atoms. The van der Waals surface area contributed by atoms with Crippen molar-refractivity contribution in [1.82, 2.24) is 20.1 Å². The van der Waals surface area contributed by atoms with E-state index in [1.807, 2.05) is 18.2 Å². The van der Waals surface area contributed by atoms with Gasteiger partial charge in [0.25, 0.3) is 0 Å². The minimum atomic E-state index is -0.268. The van der Waals surface area contributed by atoms with Gasteiger partial charge in [0.2, 0.25) is 11.0 Å². The number of amides is 1. The Kier molecular flexibility index (Phi) is 4.59. The summed E-state index contributed by atoms with van der Waals surface area (Å²) in [5.74, 6) is -0.268. The summed E-state index contributed by atoms with van der Waals surface area (Å²) in [4.78, 5) is 17.3. The summed E-state index contributed by atoms with van der Waals surface area (Å²) < 4.78 is 0. The number of nitrogens with one attached hydrogen (secondary N) is 1. The highest BCUT2D eigenvalue weighted by molar-refractivity contribution is 7.18. The first-order valence-electron chi connectivity index (χ1n) is 7.23. The monoisotopic (exact) mass is 318 g/mol. The van der Waals surface area contributed by atoms with Crippen molar-refractivity contribution in [3.63, 3.8) is 0 Å². The quantitative estimate of drug-likeness (QED) is 0.852. The van der Waals surface area contributed by atoms with E-state index < -0.39 is 0 Å². The van der Waals surface area contributed by atoms with Crippen molar-refractivity contribution >= 4 is 22.4 Å². The van der Waals surface area contributed by atoms with Crippen molar-refractivity contribution < 1.29 is 4.79 Å². The van der Waals surface area contributed by atoms with Crippen LogP contribution < -0.4 is 11.1 Å². The number of likely N-dealkylation sites (tertiary alicyclic amines) is 1. The van der Waals surface area contributed by atoms with Gasteiger partial charge in [-0.3, -0.25) is 14.7 Å². The largest absolute Gasteiger partial charge is 0.369 e. The molecular formula is C14H18N6OS. The lowest BCUT2D eigenvalue weighted by Crippen LogP contribution is -2.42. The zero-order valence-corrected chi connectivity index (χ0v) is 12.9. The Labute approximate surface area is 132 Å². The van der Waals surface area contributed by atoms with E-state index in [2.05, 4.69) is 25.4 Å². The van der Waals surface area contributed by atoms with Gasteiger partial charge in [-0.05, 0) is 25.0 Å². The Morgan fingerprint density at radius 3 is 2.86 bits per heavy atom. The highest BCUT2D eigenvalue weighted by Gasteiger charge is 2.21. The van der Waals surface area contributed by atoms with Gasteiger partial charge in [-0.1, -0.05) is 17.4 Å². The second kappa shape index (κ2) is 6.80. The molecule has 2 aromatic rings. The Balaban J connectivity index is 1.55. The maximum atomic E-state index is 10.9. The van der Waals surface area contributed by atoms with Gasteiger partial charge in [-0.15, -0.1) is 10.2 Å². The van der Waals surface area contributed by atoms with Crippen molar-refractivity contribution in [1.29, 1.82) is 0 Å². The fraction of sp³-hybridized carbons (Fsp3) is 0.429. The molecule has 0 aliphatic carbocycles. The van der Waals surface area contributed by atoms with Crippen LogP contribution in [0.4, 0.5) is 5.13 Å². The lowest BCUT2D eigenvalue weighted by atomic mass is 10.1. The van der Waals surface area contributed by atoms with Crippen LogP contribution in [0, 0.1) is 0 Å². The highest BCUT2D eigenvalue weighted by atomic mass is 32.1. The number of carbonyl (C=O) groups is 1. The van der Waals surface area contributed by atoms with E-state index in [-0.39, 0.29) is 5.91 Å². The van der Waals surface area contributed by atoms with Crippen molar-refractivity contribution in [3.8, 4) is 10.7 Å². The Morgan fingerprint density at radius 2 is 2.18 bits per heavy atom. The predicted octanol–water partition coefficient (Wildman–Crippen LogP) is 0.962. The minimum absolute atomic E-state index is 0.268. The molecule has 7 nitrogen and oxygen atoms in total. The Hall–Kier alpha value is -2.06. The average molecular weight is 318 g/mol. The fourth-order valence-corrected chi connectivity index (χ4v) is 3.30. The topological polar surface area (TPSA) is 97.0 Å². The molecule has 0 atom stereocenters. The summed E-state index contributed by atoms with van der Waals surface area (Å²) in [5.41, 5.74) is 6.06. The number of nitrogens with two attached hydrogens (primary N) is 1. The van der Waals surface area contributed by atoms with Gasteiger partial charge >= 0.3 is 0 Å². The minimum Gasteiger partial charge on any atom is -0.369 e. The molecule has 2 aromatic heterocycles. The van der Waals surface area contributed by atoms with Crippen molar-refractivity contribution in [2.75, 3.05) is 25.0 Å². The molecule has 3 N–H and O–H groups in total. The van der Waals surface area contributed by atoms with Gasteiger partial charge < -0.3 is 11.1 Å². The summed E-state index contributed by atoms with van der Waals surface area (Å²) in [6.07, 6.45) is 3.68. The van der Waals surface area contributed by atoms with E-state index in [4.69, 9.17) is 5.73 Å². The number of hydrogen-bond acceptors (Lipinski definition) is 7. The third-order valence-corrected chi connectivity index (χ3v) is 4.48. The molecule has 3 heterocycles. The second-order valence-electron chi connectivity index (χ2n) is 5.29. The summed E-state index contributed by atoms with van der Waals surface area (Å²) in [6, 6.07) is 6.09. The third kappa shape index (κ3) is 3.77. The van der Waals surface area contributed by atoms with Crippen LogP contribution >= 0.6 is 11.3 Å². The fourth-order valence-electron chi connectivity index (χ4n) is 2.50. The van der Waals surface area contributed by atoms with Crippen LogP contribution in [0.3, 0.4) is 0 Å². The molecule has 3 rings (SSSR count). The molecule has 0 bridgehead atoms. The average Bonchev–Trinajstić information content (AvgIpc) is 2.98. The molecule has 0 saturated carbocycles. The first-order chi connectivity index (χ1) is 10.7. The number of piperidine rings is 1. The first kappa shape index (κ1) is 14.9. The number of pyridine rings is 1. The van der Waals surface area contributed by atoms with Crippen molar-refractivity contribution in [2.45, 2.75) is 18.9 Å². The number of aromatic nitrogens is 3. The molecular weight excluding hydrogens is 300 g/mol. The van der Waals surface area contributed by atoms with Crippen molar-refractivity contribution in [2.24, 2.45) is 5.73 Å². The SMILES string of the molecule is NC(=O)CN1CCC(Nc2nnc(-c3ccccn3)s2)CC1. The van der Waals surface area contributed by atoms with Gasteiger partial charge in [-0.25, -0.2) is 0 Å². The molecule has 1 fully saturated rings. The first-order valence-corrected chi connectivity index (χ1v) is 8.04. The van der Waals surface area contributed by atoms with Gasteiger partial charge in [0, 0.05) is 25.3 Å². The molecule has 0 spiro atoms. The number of carbonyl (C=O) groups excluding carboxylic acids is 1. The predicted molar refractivity (Wildman–Crippen MR) is 85.4 cm³/mol. The van der Waals surface area contributed by atoms with Crippen molar-refractivity contribution in [3.05, 3.63) is 24.4 Å². The second-order valence-corrected chi connectivity index (χ2v) is 6.27. The Morgan fingerprint density at radius 1 is 1.36 bits per heavy atom. The van der Waals surface area contributed by atoms with E-state index in [9.17, 15) is 4.79 Å². The maximum Gasteiger partial charge on any atom is 0.231 e. The Bertz CT molecular complexity index is 623. The van der Waals surface area contributed by atoms with E-state index in [0.29, 0.717) is 12.6 Å². The van der Waals surface area contributed by atoms with E-state index >= 15 is 0 Å². The molecule has 116 valence electrons. The summed E-state index contributed by atoms with van der Waals surface area (Å²) in [6.45, 7) is 2.08. The zero-order valence-electron chi connectivity index (χ0n) is 12.1. The van der Waals surface area contributed by atoms with Gasteiger partial charge in [0.1, 0.15) is 5.69 Å². The molecule has 1 amide bonds. The van der Waals surface area contributed by atoms with Crippen LogP contribution in [0.2, 0.25) is 0 Å². The van der Waals surface area contributed by atoms with Gasteiger partial charge in [-0.2, -0.15) is 0 Å². The molecule has 1 aliphatic heterocycles. The van der Waals surface area contributed by atoms with Crippen LogP contribution in [0.25, 0.3) is 10.7 Å². The smallest absolute Gasteiger partial charge is 0.231 e. The maximum absolute atomic E-state index is 10.9. The van der Waals surface area contributed by atoms with Gasteiger partial charge in [0.05, 0.1) is 6.54 Å². The number of nitrogens with zero attached hydrogens (tertiary/aromatic N) is 4. The molecule has 0 unspecified atom stereocenters. The van der Waals surface area contributed by atoms with Crippen LogP contribution in [0.5, 0.6) is 0 Å². The van der Waals surface area contributed by atoms with Crippen LogP contribution in [0.15, 0.2) is 24.4 Å². The van der Waals surface area contributed by atoms with E-state index in [0.717, 1.165) is 41.8 Å². The molecule has 1 aliphatic rings. The number of rotatable bonds is 5. The highest BCUT2D eigenvalue weighted by Crippen LogP contribution is 2.26.